The van der Waals surface area contributed by atoms with E-state index in [1.54, 1.807) is 6.07 Å². The molecule has 1 aliphatic heterocycles. The van der Waals surface area contributed by atoms with Crippen molar-refractivity contribution < 1.29 is 13.9 Å². The molecule has 4 heteroatoms. The van der Waals surface area contributed by atoms with Gasteiger partial charge in [-0.25, -0.2) is 4.39 Å². The molecule has 118 valence electrons. The standard InChI is InChI=1S/C17H26FNO2/c1-12(2)7-19(8-13(3)4)9-14-5-16(18)6-15-10-20-11-21-17(14)15/h5-6,12-13H,7-11H2,1-4H3. The van der Waals surface area contributed by atoms with Crippen molar-refractivity contribution in [2.45, 2.75) is 40.8 Å². The van der Waals surface area contributed by atoms with Crippen molar-refractivity contribution in [3.05, 3.63) is 29.1 Å². The summed E-state index contributed by atoms with van der Waals surface area (Å²) in [5.74, 6) is 1.75. The number of hydrogen-bond acceptors (Lipinski definition) is 3. The number of ether oxygens (including phenoxy) is 2. The van der Waals surface area contributed by atoms with Gasteiger partial charge < -0.3 is 9.47 Å². The van der Waals surface area contributed by atoms with Crippen LogP contribution in [0, 0.1) is 17.7 Å². The Balaban J connectivity index is 2.21. The largest absolute Gasteiger partial charge is 0.467 e. The molecule has 1 aromatic carbocycles. The van der Waals surface area contributed by atoms with E-state index in [-0.39, 0.29) is 12.6 Å². The average Bonchev–Trinajstić information content (AvgIpc) is 2.36. The van der Waals surface area contributed by atoms with E-state index in [9.17, 15) is 4.39 Å². The monoisotopic (exact) mass is 295 g/mol. The lowest BCUT2D eigenvalue weighted by Crippen LogP contribution is -2.31. The van der Waals surface area contributed by atoms with E-state index in [1.165, 1.54) is 6.07 Å². The molecule has 1 aliphatic rings. The third-order valence-electron chi connectivity index (χ3n) is 3.39. The van der Waals surface area contributed by atoms with Crippen LogP contribution in [0.5, 0.6) is 5.75 Å². The Kier molecular flexibility index (Phi) is 5.59. The van der Waals surface area contributed by atoms with Crippen LogP contribution in [0.25, 0.3) is 0 Å². The van der Waals surface area contributed by atoms with Crippen molar-refractivity contribution in [2.24, 2.45) is 11.8 Å². The highest BCUT2D eigenvalue weighted by Crippen LogP contribution is 2.30. The Morgan fingerprint density at radius 1 is 1.14 bits per heavy atom. The molecule has 0 radical (unpaired) electrons. The molecule has 0 N–H and O–H groups in total. The SMILES string of the molecule is CC(C)CN(Cc1cc(F)cc2c1OCOC2)CC(C)C. The lowest BCUT2D eigenvalue weighted by molar-refractivity contribution is -0.0177. The van der Waals surface area contributed by atoms with Crippen LogP contribution in [0.2, 0.25) is 0 Å². The minimum atomic E-state index is -0.216. The quantitative estimate of drug-likeness (QED) is 0.796. The van der Waals surface area contributed by atoms with Gasteiger partial charge in [-0.15, -0.1) is 0 Å². The van der Waals surface area contributed by atoms with Gasteiger partial charge in [0.15, 0.2) is 6.79 Å². The van der Waals surface area contributed by atoms with E-state index in [0.29, 0.717) is 18.4 Å². The fourth-order valence-corrected chi connectivity index (χ4v) is 2.85. The Bertz CT molecular complexity index is 464. The van der Waals surface area contributed by atoms with Crippen LogP contribution < -0.4 is 4.74 Å². The third-order valence-corrected chi connectivity index (χ3v) is 3.39. The molecule has 0 fully saturated rings. The fraction of sp³-hybridized carbons (Fsp3) is 0.647. The molecular formula is C17H26FNO2. The zero-order valence-electron chi connectivity index (χ0n) is 13.5. The van der Waals surface area contributed by atoms with Crippen molar-refractivity contribution >= 4 is 0 Å². The van der Waals surface area contributed by atoms with Crippen LogP contribution in [-0.2, 0) is 17.9 Å². The summed E-state index contributed by atoms with van der Waals surface area (Å²) in [4.78, 5) is 2.38. The summed E-state index contributed by atoms with van der Waals surface area (Å²) in [6.45, 7) is 12.2. The van der Waals surface area contributed by atoms with Crippen molar-refractivity contribution in [1.29, 1.82) is 0 Å². The van der Waals surface area contributed by atoms with E-state index in [0.717, 1.165) is 36.5 Å². The highest BCUT2D eigenvalue weighted by atomic mass is 19.1. The van der Waals surface area contributed by atoms with E-state index in [2.05, 4.69) is 32.6 Å². The van der Waals surface area contributed by atoms with Crippen LogP contribution in [0.1, 0.15) is 38.8 Å². The third kappa shape index (κ3) is 4.68. The molecule has 0 unspecified atom stereocenters. The maximum Gasteiger partial charge on any atom is 0.189 e. The van der Waals surface area contributed by atoms with Gasteiger partial charge in [0.2, 0.25) is 0 Å². The molecule has 0 saturated carbocycles. The number of hydrogen-bond donors (Lipinski definition) is 0. The van der Waals surface area contributed by atoms with Crippen LogP contribution in [0.15, 0.2) is 12.1 Å². The summed E-state index contributed by atoms with van der Waals surface area (Å²) in [6.07, 6.45) is 0. The summed E-state index contributed by atoms with van der Waals surface area (Å²) in [6, 6.07) is 3.10. The molecule has 0 bridgehead atoms. The first-order valence-corrected chi connectivity index (χ1v) is 7.70. The second-order valence-corrected chi connectivity index (χ2v) is 6.65. The molecule has 1 heterocycles. The first kappa shape index (κ1) is 16.2. The smallest absolute Gasteiger partial charge is 0.189 e. The van der Waals surface area contributed by atoms with Gasteiger partial charge >= 0.3 is 0 Å². The lowest BCUT2D eigenvalue weighted by Gasteiger charge is -2.28. The second kappa shape index (κ2) is 7.23. The van der Waals surface area contributed by atoms with Gasteiger partial charge in [0, 0.05) is 30.8 Å². The number of halogens is 1. The van der Waals surface area contributed by atoms with Gasteiger partial charge in [0.1, 0.15) is 11.6 Å². The predicted octanol–water partition coefficient (Wildman–Crippen LogP) is 3.81. The molecule has 0 atom stereocenters. The van der Waals surface area contributed by atoms with Gasteiger partial charge in [-0.3, -0.25) is 4.90 Å². The zero-order chi connectivity index (χ0) is 15.4. The second-order valence-electron chi connectivity index (χ2n) is 6.65. The number of fused-ring (bicyclic) bond motifs is 1. The average molecular weight is 295 g/mol. The minimum Gasteiger partial charge on any atom is -0.467 e. The van der Waals surface area contributed by atoms with E-state index in [1.807, 2.05) is 0 Å². The Labute approximate surface area is 127 Å². The minimum absolute atomic E-state index is 0.216. The molecule has 0 aromatic heterocycles. The number of rotatable bonds is 6. The Hall–Kier alpha value is -1.13. The van der Waals surface area contributed by atoms with Crippen molar-refractivity contribution in [3.63, 3.8) is 0 Å². The topological polar surface area (TPSA) is 21.7 Å². The predicted molar refractivity (Wildman–Crippen MR) is 81.6 cm³/mol. The fourth-order valence-electron chi connectivity index (χ4n) is 2.85. The number of nitrogens with zero attached hydrogens (tertiary/aromatic N) is 1. The maximum absolute atomic E-state index is 13.8. The van der Waals surface area contributed by atoms with Crippen molar-refractivity contribution in [3.8, 4) is 5.75 Å². The first-order valence-electron chi connectivity index (χ1n) is 7.70. The van der Waals surface area contributed by atoms with Crippen LogP contribution >= 0.6 is 0 Å². The van der Waals surface area contributed by atoms with Gasteiger partial charge in [-0.1, -0.05) is 27.7 Å². The first-order chi connectivity index (χ1) is 9.95. The van der Waals surface area contributed by atoms with Gasteiger partial charge in [-0.2, -0.15) is 0 Å². The lowest BCUT2D eigenvalue weighted by atomic mass is 10.1. The summed E-state index contributed by atoms with van der Waals surface area (Å²) in [7, 11) is 0. The summed E-state index contributed by atoms with van der Waals surface area (Å²) in [5, 5.41) is 0. The van der Waals surface area contributed by atoms with E-state index < -0.39 is 0 Å². The maximum atomic E-state index is 13.8. The van der Waals surface area contributed by atoms with Crippen LogP contribution in [0.3, 0.4) is 0 Å². The van der Waals surface area contributed by atoms with Gasteiger partial charge in [-0.05, 0) is 24.0 Å². The van der Waals surface area contributed by atoms with Crippen molar-refractivity contribution in [1.82, 2.24) is 4.90 Å². The number of benzene rings is 1. The Morgan fingerprint density at radius 2 is 1.81 bits per heavy atom. The van der Waals surface area contributed by atoms with E-state index in [4.69, 9.17) is 9.47 Å². The molecule has 0 aliphatic carbocycles. The van der Waals surface area contributed by atoms with Crippen molar-refractivity contribution in [2.75, 3.05) is 19.9 Å². The summed E-state index contributed by atoms with van der Waals surface area (Å²) < 4.78 is 24.6. The molecule has 1 aromatic rings. The molecule has 0 saturated heterocycles. The Morgan fingerprint density at radius 3 is 2.43 bits per heavy atom. The van der Waals surface area contributed by atoms with E-state index >= 15 is 0 Å². The molecule has 2 rings (SSSR count). The molecule has 3 nitrogen and oxygen atoms in total. The summed E-state index contributed by atoms with van der Waals surface area (Å²) in [5.41, 5.74) is 1.74. The highest BCUT2D eigenvalue weighted by molar-refractivity contribution is 5.42. The van der Waals surface area contributed by atoms with Crippen LogP contribution in [-0.4, -0.2) is 24.8 Å². The molecule has 21 heavy (non-hydrogen) atoms. The molecular weight excluding hydrogens is 269 g/mol. The molecule has 0 spiro atoms. The van der Waals surface area contributed by atoms with Gasteiger partial charge in [0.05, 0.1) is 6.61 Å². The highest BCUT2D eigenvalue weighted by Gasteiger charge is 2.19. The zero-order valence-corrected chi connectivity index (χ0v) is 13.5. The normalized spacial score (nSPS) is 14.7. The molecule has 0 amide bonds. The summed E-state index contributed by atoms with van der Waals surface area (Å²) >= 11 is 0. The van der Waals surface area contributed by atoms with Gasteiger partial charge in [0.25, 0.3) is 0 Å². The van der Waals surface area contributed by atoms with Crippen LogP contribution in [0.4, 0.5) is 4.39 Å².